The van der Waals surface area contributed by atoms with Crippen molar-refractivity contribution in [2.75, 3.05) is 7.11 Å². The first-order valence-electron chi connectivity index (χ1n) is 11.4. The number of methoxy groups -OCH3 is 1. The van der Waals surface area contributed by atoms with Crippen molar-refractivity contribution in [2.24, 2.45) is 0 Å². The summed E-state index contributed by atoms with van der Waals surface area (Å²) in [5, 5.41) is 11.3. The van der Waals surface area contributed by atoms with E-state index in [-0.39, 0.29) is 23.8 Å². The number of carbonyl (C=O) groups is 4. The Kier molecular flexibility index (Phi) is 7.14. The summed E-state index contributed by atoms with van der Waals surface area (Å²) in [6.45, 7) is 0.191. The summed E-state index contributed by atoms with van der Waals surface area (Å²) >= 11 is 0. The van der Waals surface area contributed by atoms with Crippen molar-refractivity contribution in [3.63, 3.8) is 0 Å². The summed E-state index contributed by atoms with van der Waals surface area (Å²) in [5.74, 6) is -1.48. The van der Waals surface area contributed by atoms with Crippen LogP contribution in [0.2, 0.25) is 0 Å². The highest BCUT2D eigenvalue weighted by Crippen LogP contribution is 2.31. The van der Waals surface area contributed by atoms with Crippen molar-refractivity contribution in [1.29, 1.82) is 0 Å². The molecule has 1 heterocycles. The summed E-state index contributed by atoms with van der Waals surface area (Å²) in [6, 6.07) is 10.4. The van der Waals surface area contributed by atoms with Crippen molar-refractivity contribution < 1.29 is 33.8 Å². The highest BCUT2D eigenvalue weighted by atomic mass is 16.5. The molecule has 0 aromatic heterocycles. The summed E-state index contributed by atoms with van der Waals surface area (Å²) in [4.78, 5) is 50.1. The van der Waals surface area contributed by atoms with Gasteiger partial charge in [-0.3, -0.25) is 19.8 Å². The minimum Gasteiger partial charge on any atom is -0.493 e. The molecule has 0 unspecified atom stereocenters. The predicted octanol–water partition coefficient (Wildman–Crippen LogP) is 3.77. The van der Waals surface area contributed by atoms with Crippen LogP contribution >= 0.6 is 0 Å². The maximum Gasteiger partial charge on any atom is 0.335 e. The monoisotopic (exact) mass is 478 g/mol. The molecule has 1 aliphatic heterocycles. The zero-order valence-corrected chi connectivity index (χ0v) is 19.3. The van der Waals surface area contributed by atoms with Gasteiger partial charge in [0.05, 0.1) is 12.7 Å². The van der Waals surface area contributed by atoms with Crippen molar-refractivity contribution in [3.05, 3.63) is 64.7 Å². The van der Waals surface area contributed by atoms with Crippen molar-refractivity contribution >= 4 is 29.9 Å². The molecule has 2 fully saturated rings. The van der Waals surface area contributed by atoms with Crippen LogP contribution in [0.4, 0.5) is 4.79 Å². The Morgan fingerprint density at radius 1 is 1.06 bits per heavy atom. The molecule has 2 aromatic carbocycles. The van der Waals surface area contributed by atoms with Crippen molar-refractivity contribution in [3.8, 4) is 11.5 Å². The number of barbiturate groups is 1. The Labute approximate surface area is 202 Å². The summed E-state index contributed by atoms with van der Waals surface area (Å²) < 4.78 is 11.2. The number of hydrogen-bond acceptors (Lipinski definition) is 6. The molecule has 35 heavy (non-hydrogen) atoms. The molecule has 1 saturated heterocycles. The van der Waals surface area contributed by atoms with Crippen LogP contribution in [0.25, 0.3) is 6.08 Å². The quantitative estimate of drug-likeness (QED) is 0.459. The number of aromatic carboxylic acids is 1. The van der Waals surface area contributed by atoms with Gasteiger partial charge in [-0.25, -0.2) is 9.59 Å². The molecule has 1 aliphatic carbocycles. The number of nitrogens with zero attached hydrogens (tertiary/aromatic N) is 1. The van der Waals surface area contributed by atoms with Gasteiger partial charge in [0.1, 0.15) is 12.2 Å². The van der Waals surface area contributed by atoms with E-state index >= 15 is 0 Å². The maximum absolute atomic E-state index is 13.1. The van der Waals surface area contributed by atoms with Crippen LogP contribution in [0.1, 0.15) is 53.6 Å². The number of urea groups is 1. The SMILES string of the molecule is COc1cc(C=C2C(=O)NC(=O)N(C3CCCCC3)C2=O)ccc1OCc1ccc(C(=O)O)cc1. The average Bonchev–Trinajstić information content (AvgIpc) is 2.86. The molecule has 0 spiro atoms. The van der Waals surface area contributed by atoms with E-state index < -0.39 is 23.8 Å². The van der Waals surface area contributed by atoms with Gasteiger partial charge in [0.25, 0.3) is 11.8 Å². The minimum absolute atomic E-state index is 0.107. The van der Waals surface area contributed by atoms with Crippen LogP contribution in [-0.2, 0) is 16.2 Å². The Bertz CT molecular complexity index is 1180. The molecule has 0 bridgehead atoms. The molecule has 2 N–H and O–H groups in total. The van der Waals surface area contributed by atoms with Crippen LogP contribution in [0.15, 0.2) is 48.0 Å². The lowest BCUT2D eigenvalue weighted by Gasteiger charge is -2.35. The van der Waals surface area contributed by atoms with Crippen LogP contribution in [-0.4, -0.2) is 47.0 Å². The lowest BCUT2D eigenvalue weighted by atomic mass is 9.93. The van der Waals surface area contributed by atoms with Gasteiger partial charge in [0.15, 0.2) is 11.5 Å². The first-order chi connectivity index (χ1) is 16.9. The van der Waals surface area contributed by atoms with Gasteiger partial charge in [-0.05, 0) is 54.3 Å². The third kappa shape index (κ3) is 5.34. The van der Waals surface area contributed by atoms with Gasteiger partial charge >= 0.3 is 12.0 Å². The van der Waals surface area contributed by atoms with Crippen LogP contribution < -0.4 is 14.8 Å². The Balaban J connectivity index is 1.51. The highest BCUT2D eigenvalue weighted by molar-refractivity contribution is 6.31. The fourth-order valence-corrected chi connectivity index (χ4v) is 4.31. The number of rotatable bonds is 7. The number of carboxylic acids is 1. The summed E-state index contributed by atoms with van der Waals surface area (Å²) in [5.41, 5.74) is 1.40. The number of hydrogen-bond donors (Lipinski definition) is 2. The molecule has 4 rings (SSSR count). The van der Waals surface area contributed by atoms with Gasteiger partial charge in [-0.15, -0.1) is 0 Å². The van der Waals surface area contributed by atoms with Crippen LogP contribution in [0, 0.1) is 0 Å². The molecule has 182 valence electrons. The maximum atomic E-state index is 13.1. The van der Waals surface area contributed by atoms with Gasteiger partial charge < -0.3 is 14.6 Å². The zero-order valence-electron chi connectivity index (χ0n) is 19.3. The summed E-state index contributed by atoms with van der Waals surface area (Å²) in [6.07, 6.45) is 5.87. The molecule has 0 radical (unpaired) electrons. The number of carbonyl (C=O) groups excluding carboxylic acids is 3. The van der Waals surface area contributed by atoms with Crippen molar-refractivity contribution in [2.45, 2.75) is 44.8 Å². The second kappa shape index (κ2) is 10.4. The van der Waals surface area contributed by atoms with E-state index in [2.05, 4.69) is 5.32 Å². The standard InChI is InChI=1S/C26H26N2O7/c1-34-22-14-17(9-12-21(22)35-15-16-7-10-18(11-8-16)25(31)32)13-20-23(29)27-26(33)28(24(20)30)19-5-3-2-4-6-19/h7-14,19H,2-6,15H2,1H3,(H,31,32)(H,27,29,33). The fourth-order valence-electron chi connectivity index (χ4n) is 4.31. The molecule has 2 aliphatic rings. The second-order valence-corrected chi connectivity index (χ2v) is 8.49. The van der Waals surface area contributed by atoms with Gasteiger partial charge in [-0.1, -0.05) is 37.5 Å². The normalized spacial score (nSPS) is 17.9. The largest absolute Gasteiger partial charge is 0.493 e. The van der Waals surface area contributed by atoms with E-state index in [1.807, 2.05) is 0 Å². The zero-order chi connectivity index (χ0) is 24.9. The van der Waals surface area contributed by atoms with Crippen molar-refractivity contribution in [1.82, 2.24) is 10.2 Å². The average molecular weight is 479 g/mol. The highest BCUT2D eigenvalue weighted by Gasteiger charge is 2.40. The molecule has 9 nitrogen and oxygen atoms in total. The Hall–Kier alpha value is -4.14. The van der Waals surface area contributed by atoms with E-state index in [1.54, 1.807) is 30.3 Å². The molecule has 4 amide bonds. The summed E-state index contributed by atoms with van der Waals surface area (Å²) in [7, 11) is 1.47. The number of benzene rings is 2. The van der Waals surface area contributed by atoms with Gasteiger partial charge in [0.2, 0.25) is 0 Å². The van der Waals surface area contributed by atoms with Gasteiger partial charge in [0, 0.05) is 6.04 Å². The van der Waals surface area contributed by atoms with Crippen LogP contribution in [0.5, 0.6) is 11.5 Å². The number of ether oxygens (including phenoxy) is 2. The number of imide groups is 2. The topological polar surface area (TPSA) is 122 Å². The molecule has 2 aromatic rings. The molecular weight excluding hydrogens is 452 g/mol. The Morgan fingerprint density at radius 2 is 1.77 bits per heavy atom. The van der Waals surface area contributed by atoms with Crippen LogP contribution in [0.3, 0.4) is 0 Å². The van der Waals surface area contributed by atoms with Gasteiger partial charge in [-0.2, -0.15) is 0 Å². The third-order valence-corrected chi connectivity index (χ3v) is 6.17. The Morgan fingerprint density at radius 3 is 2.43 bits per heavy atom. The molecule has 9 heteroatoms. The van der Waals surface area contributed by atoms with E-state index in [1.165, 1.54) is 30.2 Å². The fraction of sp³-hybridized carbons (Fsp3) is 0.308. The van der Waals surface area contributed by atoms with E-state index in [0.717, 1.165) is 37.7 Å². The lowest BCUT2D eigenvalue weighted by Crippen LogP contribution is -2.58. The second-order valence-electron chi connectivity index (χ2n) is 8.49. The van der Waals surface area contributed by atoms with E-state index in [0.29, 0.717) is 17.1 Å². The van der Waals surface area contributed by atoms with E-state index in [9.17, 15) is 19.2 Å². The number of amides is 4. The minimum atomic E-state index is -1.000. The van der Waals surface area contributed by atoms with E-state index in [4.69, 9.17) is 14.6 Å². The molecular formula is C26H26N2O7. The molecule has 1 saturated carbocycles. The lowest BCUT2D eigenvalue weighted by molar-refractivity contribution is -0.132. The first-order valence-corrected chi connectivity index (χ1v) is 11.4. The predicted molar refractivity (Wildman–Crippen MR) is 126 cm³/mol. The number of nitrogens with one attached hydrogen (secondary N) is 1. The third-order valence-electron chi connectivity index (χ3n) is 6.17. The number of carboxylic acid groups (broad SMARTS) is 1. The smallest absolute Gasteiger partial charge is 0.335 e. The first kappa shape index (κ1) is 24.0. The molecule has 0 atom stereocenters.